The van der Waals surface area contributed by atoms with Gasteiger partial charge in [-0.05, 0) is 50.8 Å². The molecular formula is C20H23NO3S. The van der Waals surface area contributed by atoms with Crippen molar-refractivity contribution in [1.82, 2.24) is 4.72 Å². The van der Waals surface area contributed by atoms with Crippen LogP contribution in [0.15, 0.2) is 59.5 Å². The van der Waals surface area contributed by atoms with Gasteiger partial charge in [0.15, 0.2) is 5.78 Å². The first-order valence-electron chi connectivity index (χ1n) is 8.49. The molecule has 0 aromatic heterocycles. The van der Waals surface area contributed by atoms with Crippen molar-refractivity contribution in [3.05, 3.63) is 65.7 Å². The number of nitrogens with one attached hydrogen (secondary N) is 1. The average Bonchev–Trinajstić information content (AvgIpc) is 3.38. The first-order valence-corrected chi connectivity index (χ1v) is 9.97. The van der Waals surface area contributed by atoms with Crippen LogP contribution in [-0.2, 0) is 16.4 Å². The van der Waals surface area contributed by atoms with Gasteiger partial charge in [0, 0.05) is 17.0 Å². The van der Waals surface area contributed by atoms with Crippen LogP contribution in [0.3, 0.4) is 0 Å². The van der Waals surface area contributed by atoms with Gasteiger partial charge in [-0.1, -0.05) is 42.5 Å². The predicted octanol–water partition coefficient (Wildman–Crippen LogP) is 3.58. The number of sulfonamides is 1. The number of carbonyl (C=O) groups excluding carboxylic acids is 1. The van der Waals surface area contributed by atoms with Gasteiger partial charge in [0.05, 0.1) is 4.90 Å². The molecule has 3 rings (SSSR count). The third-order valence-corrected chi connectivity index (χ3v) is 6.01. The molecule has 25 heavy (non-hydrogen) atoms. The maximum absolute atomic E-state index is 12.7. The largest absolute Gasteiger partial charge is 0.294 e. The molecule has 0 saturated heterocycles. The summed E-state index contributed by atoms with van der Waals surface area (Å²) >= 11 is 0. The van der Waals surface area contributed by atoms with Crippen molar-refractivity contribution < 1.29 is 13.2 Å². The third-order valence-electron chi connectivity index (χ3n) is 4.30. The van der Waals surface area contributed by atoms with Crippen molar-refractivity contribution in [2.45, 2.75) is 43.5 Å². The molecule has 132 valence electrons. The number of ketones is 1. The standard InChI is InChI=1S/C20H23NO3S/c1-20(2,14-15-6-4-3-5-7-15)21-25(23,24)18-12-10-17(11-13-18)19(22)16-8-9-16/h3-7,10-13,16,21H,8-9,14H2,1-2H3. The highest BCUT2D eigenvalue weighted by atomic mass is 32.2. The molecule has 0 bridgehead atoms. The van der Waals surface area contributed by atoms with Crippen molar-refractivity contribution >= 4 is 15.8 Å². The molecule has 0 heterocycles. The van der Waals surface area contributed by atoms with Crippen molar-refractivity contribution in [3.8, 4) is 0 Å². The number of hydrogen-bond donors (Lipinski definition) is 1. The fraction of sp³-hybridized carbons (Fsp3) is 0.350. The lowest BCUT2D eigenvalue weighted by atomic mass is 9.96. The molecule has 2 aromatic rings. The Balaban J connectivity index is 1.73. The molecule has 1 aliphatic rings. The summed E-state index contributed by atoms with van der Waals surface area (Å²) in [6.45, 7) is 3.73. The molecule has 4 nitrogen and oxygen atoms in total. The van der Waals surface area contributed by atoms with Crippen molar-refractivity contribution in [3.63, 3.8) is 0 Å². The SMILES string of the molecule is CC(C)(Cc1ccccc1)NS(=O)(=O)c1ccc(C(=O)C2CC2)cc1. The molecule has 0 spiro atoms. The van der Waals surface area contributed by atoms with Crippen molar-refractivity contribution in [1.29, 1.82) is 0 Å². The van der Waals surface area contributed by atoms with E-state index in [1.54, 1.807) is 12.1 Å². The maximum atomic E-state index is 12.7. The maximum Gasteiger partial charge on any atom is 0.241 e. The Bertz CT molecular complexity index is 852. The quantitative estimate of drug-likeness (QED) is 0.771. The van der Waals surface area contributed by atoms with E-state index in [-0.39, 0.29) is 16.6 Å². The normalized spacial score (nSPS) is 15.1. The lowest BCUT2D eigenvalue weighted by Crippen LogP contribution is -2.44. The van der Waals surface area contributed by atoms with E-state index >= 15 is 0 Å². The Morgan fingerprint density at radius 3 is 2.20 bits per heavy atom. The zero-order valence-electron chi connectivity index (χ0n) is 14.5. The lowest BCUT2D eigenvalue weighted by molar-refractivity contribution is 0.0967. The summed E-state index contributed by atoms with van der Waals surface area (Å²) < 4.78 is 28.1. The molecule has 2 aromatic carbocycles. The first kappa shape index (κ1) is 17.8. The minimum Gasteiger partial charge on any atom is -0.294 e. The van der Waals surface area contributed by atoms with Crippen LogP contribution in [0.1, 0.15) is 42.6 Å². The minimum absolute atomic E-state index is 0.112. The van der Waals surface area contributed by atoms with E-state index in [0.717, 1.165) is 18.4 Å². The highest BCUT2D eigenvalue weighted by molar-refractivity contribution is 7.89. The van der Waals surface area contributed by atoms with Crippen LogP contribution in [-0.4, -0.2) is 19.7 Å². The van der Waals surface area contributed by atoms with Gasteiger partial charge in [0.25, 0.3) is 0 Å². The van der Waals surface area contributed by atoms with Gasteiger partial charge in [-0.2, -0.15) is 0 Å². The molecule has 1 aliphatic carbocycles. The lowest BCUT2D eigenvalue weighted by Gasteiger charge is -2.26. The second kappa shape index (κ2) is 6.73. The Morgan fingerprint density at radius 2 is 1.64 bits per heavy atom. The van der Waals surface area contributed by atoms with Crippen molar-refractivity contribution in [2.75, 3.05) is 0 Å². The average molecular weight is 357 g/mol. The summed E-state index contributed by atoms with van der Waals surface area (Å²) in [5.41, 5.74) is 1.04. The zero-order valence-corrected chi connectivity index (χ0v) is 15.3. The molecule has 0 atom stereocenters. The van der Waals surface area contributed by atoms with Crippen LogP contribution in [0.5, 0.6) is 0 Å². The Morgan fingerprint density at radius 1 is 1.04 bits per heavy atom. The highest BCUT2D eigenvalue weighted by Crippen LogP contribution is 2.32. The van der Waals surface area contributed by atoms with Crippen LogP contribution >= 0.6 is 0 Å². The van der Waals surface area contributed by atoms with Crippen LogP contribution in [0.25, 0.3) is 0 Å². The summed E-state index contributed by atoms with van der Waals surface area (Å²) in [6.07, 6.45) is 2.47. The van der Waals surface area contributed by atoms with E-state index in [1.165, 1.54) is 12.1 Å². The van der Waals surface area contributed by atoms with Gasteiger partial charge in [0.2, 0.25) is 10.0 Å². The van der Waals surface area contributed by atoms with E-state index in [0.29, 0.717) is 12.0 Å². The third kappa shape index (κ3) is 4.55. The van der Waals surface area contributed by atoms with Gasteiger partial charge in [0.1, 0.15) is 0 Å². The molecular weight excluding hydrogens is 334 g/mol. The second-order valence-corrected chi connectivity index (χ2v) is 9.00. The number of carbonyl (C=O) groups is 1. The molecule has 5 heteroatoms. The zero-order chi connectivity index (χ0) is 18.1. The summed E-state index contributed by atoms with van der Waals surface area (Å²) in [5.74, 6) is 0.242. The topological polar surface area (TPSA) is 63.2 Å². The van der Waals surface area contributed by atoms with Crippen LogP contribution < -0.4 is 4.72 Å². The summed E-state index contributed by atoms with van der Waals surface area (Å²) in [4.78, 5) is 12.2. The molecule has 0 radical (unpaired) electrons. The second-order valence-electron chi connectivity index (χ2n) is 7.31. The molecule has 1 N–H and O–H groups in total. The van der Waals surface area contributed by atoms with Crippen LogP contribution in [0.2, 0.25) is 0 Å². The Hall–Kier alpha value is -1.98. The van der Waals surface area contributed by atoms with E-state index < -0.39 is 15.6 Å². The fourth-order valence-electron chi connectivity index (χ4n) is 2.94. The number of Topliss-reactive ketones (excluding diaryl/α,β-unsaturated/α-hetero) is 1. The summed E-state index contributed by atoms with van der Waals surface area (Å²) in [6, 6.07) is 16.0. The smallest absolute Gasteiger partial charge is 0.241 e. The first-order chi connectivity index (χ1) is 11.8. The number of benzene rings is 2. The van der Waals surface area contributed by atoms with Gasteiger partial charge < -0.3 is 0 Å². The van der Waals surface area contributed by atoms with Gasteiger partial charge in [-0.25, -0.2) is 13.1 Å². The molecule has 1 saturated carbocycles. The van der Waals surface area contributed by atoms with E-state index in [2.05, 4.69) is 4.72 Å². The summed E-state index contributed by atoms with van der Waals surface area (Å²) in [7, 11) is -3.65. The van der Waals surface area contributed by atoms with E-state index in [1.807, 2.05) is 44.2 Å². The number of hydrogen-bond acceptors (Lipinski definition) is 3. The Kier molecular flexibility index (Phi) is 4.80. The number of rotatable bonds is 7. The van der Waals surface area contributed by atoms with Gasteiger partial charge >= 0.3 is 0 Å². The van der Waals surface area contributed by atoms with Gasteiger partial charge in [-0.15, -0.1) is 0 Å². The highest BCUT2D eigenvalue weighted by Gasteiger charge is 2.31. The minimum atomic E-state index is -3.65. The summed E-state index contributed by atoms with van der Waals surface area (Å²) in [5, 5.41) is 0. The molecule has 0 unspecified atom stereocenters. The fourth-order valence-corrected chi connectivity index (χ4v) is 4.36. The van der Waals surface area contributed by atoms with Crippen molar-refractivity contribution in [2.24, 2.45) is 5.92 Å². The monoisotopic (exact) mass is 357 g/mol. The Labute approximate surface area is 149 Å². The van der Waals surface area contributed by atoms with E-state index in [4.69, 9.17) is 0 Å². The predicted molar refractivity (Wildman–Crippen MR) is 98.0 cm³/mol. The van der Waals surface area contributed by atoms with E-state index in [9.17, 15) is 13.2 Å². The van der Waals surface area contributed by atoms with Gasteiger partial charge in [-0.3, -0.25) is 4.79 Å². The molecule has 0 amide bonds. The molecule has 1 fully saturated rings. The van der Waals surface area contributed by atoms with Crippen LogP contribution in [0, 0.1) is 5.92 Å². The van der Waals surface area contributed by atoms with Crippen LogP contribution in [0.4, 0.5) is 0 Å². The molecule has 0 aliphatic heterocycles.